The van der Waals surface area contributed by atoms with Crippen molar-refractivity contribution in [3.8, 4) is 0 Å². The molecule has 2 rings (SSSR count). The summed E-state index contributed by atoms with van der Waals surface area (Å²) in [6, 6.07) is 4.59. The van der Waals surface area contributed by atoms with Gasteiger partial charge in [-0.3, -0.25) is 4.79 Å². The summed E-state index contributed by atoms with van der Waals surface area (Å²) in [7, 11) is 0. The number of nitrogens with one attached hydrogen (secondary N) is 2. The molecule has 0 saturated carbocycles. The van der Waals surface area contributed by atoms with Crippen LogP contribution >= 0.6 is 0 Å². The summed E-state index contributed by atoms with van der Waals surface area (Å²) in [4.78, 5) is 23.3. The van der Waals surface area contributed by atoms with Gasteiger partial charge in [-0.15, -0.1) is 0 Å². The van der Waals surface area contributed by atoms with E-state index < -0.39 is 12.0 Å². The molecule has 108 valence electrons. The van der Waals surface area contributed by atoms with E-state index in [1.807, 2.05) is 26.0 Å². The highest BCUT2D eigenvalue weighted by Crippen LogP contribution is 2.23. The van der Waals surface area contributed by atoms with Crippen LogP contribution in [0.15, 0.2) is 18.2 Å². The third kappa shape index (κ3) is 3.29. The maximum absolute atomic E-state index is 12.1. The number of carboxylic acids is 1. The van der Waals surface area contributed by atoms with Crippen molar-refractivity contribution in [2.24, 2.45) is 5.92 Å². The van der Waals surface area contributed by atoms with Gasteiger partial charge >= 0.3 is 5.97 Å². The molecule has 1 heterocycles. The van der Waals surface area contributed by atoms with Gasteiger partial charge in [-0.05, 0) is 42.5 Å². The summed E-state index contributed by atoms with van der Waals surface area (Å²) in [5, 5.41) is 15.0. The Labute approximate surface area is 118 Å². The van der Waals surface area contributed by atoms with Gasteiger partial charge in [-0.2, -0.15) is 0 Å². The number of aliphatic carboxylic acids is 1. The second-order valence-electron chi connectivity index (χ2n) is 5.54. The molecule has 5 heteroatoms. The monoisotopic (exact) mass is 276 g/mol. The maximum atomic E-state index is 12.1. The molecule has 1 aromatic carbocycles. The van der Waals surface area contributed by atoms with E-state index in [1.54, 1.807) is 6.07 Å². The third-order valence-electron chi connectivity index (χ3n) is 3.39. The highest BCUT2D eigenvalue weighted by Gasteiger charge is 2.22. The van der Waals surface area contributed by atoms with Gasteiger partial charge in [0.05, 0.1) is 0 Å². The molecule has 1 unspecified atom stereocenters. The Kier molecular flexibility index (Phi) is 4.27. The Hall–Kier alpha value is -2.04. The van der Waals surface area contributed by atoms with Crippen LogP contribution in [0.5, 0.6) is 0 Å². The van der Waals surface area contributed by atoms with Crippen molar-refractivity contribution in [2.75, 3.05) is 11.9 Å². The molecule has 0 bridgehead atoms. The van der Waals surface area contributed by atoms with Crippen molar-refractivity contribution in [3.05, 3.63) is 29.3 Å². The molecule has 0 fully saturated rings. The van der Waals surface area contributed by atoms with Crippen molar-refractivity contribution >= 4 is 17.6 Å². The molecule has 0 saturated heterocycles. The Morgan fingerprint density at radius 2 is 2.15 bits per heavy atom. The number of benzene rings is 1. The molecule has 1 aliphatic rings. The van der Waals surface area contributed by atoms with Crippen LogP contribution in [0.1, 0.15) is 36.2 Å². The van der Waals surface area contributed by atoms with Crippen LogP contribution in [0, 0.1) is 5.92 Å². The fourth-order valence-corrected chi connectivity index (χ4v) is 2.38. The topological polar surface area (TPSA) is 78.4 Å². The molecule has 1 amide bonds. The van der Waals surface area contributed by atoms with E-state index in [2.05, 4.69) is 10.6 Å². The Bertz CT molecular complexity index is 526. The summed E-state index contributed by atoms with van der Waals surface area (Å²) in [6.07, 6.45) is 1.32. The van der Waals surface area contributed by atoms with Gasteiger partial charge in [0.2, 0.25) is 0 Å². The first-order valence-electron chi connectivity index (χ1n) is 6.88. The van der Waals surface area contributed by atoms with Crippen LogP contribution in [0.2, 0.25) is 0 Å². The first-order valence-corrected chi connectivity index (χ1v) is 6.88. The number of anilines is 1. The Morgan fingerprint density at radius 3 is 2.80 bits per heavy atom. The van der Waals surface area contributed by atoms with Gasteiger partial charge in [-0.25, -0.2) is 4.79 Å². The van der Waals surface area contributed by atoms with E-state index in [-0.39, 0.29) is 11.8 Å². The Morgan fingerprint density at radius 1 is 1.40 bits per heavy atom. The van der Waals surface area contributed by atoms with E-state index in [4.69, 9.17) is 5.11 Å². The van der Waals surface area contributed by atoms with Crippen molar-refractivity contribution in [1.29, 1.82) is 0 Å². The zero-order valence-electron chi connectivity index (χ0n) is 11.8. The molecule has 3 N–H and O–H groups in total. The zero-order valence-corrected chi connectivity index (χ0v) is 11.8. The smallest absolute Gasteiger partial charge is 0.326 e. The lowest BCUT2D eigenvalue weighted by atomic mass is 10.0. The van der Waals surface area contributed by atoms with Crippen LogP contribution in [0.25, 0.3) is 0 Å². The lowest BCUT2D eigenvalue weighted by Crippen LogP contribution is -2.41. The molecular weight excluding hydrogens is 256 g/mol. The van der Waals surface area contributed by atoms with Crippen LogP contribution in [0.3, 0.4) is 0 Å². The number of carboxylic acid groups (broad SMARTS) is 1. The quantitative estimate of drug-likeness (QED) is 0.767. The number of hydrogen-bond acceptors (Lipinski definition) is 3. The van der Waals surface area contributed by atoms with Gasteiger partial charge in [0.25, 0.3) is 5.91 Å². The number of fused-ring (bicyclic) bond motifs is 1. The number of hydrogen-bond donors (Lipinski definition) is 3. The van der Waals surface area contributed by atoms with Gasteiger partial charge in [0.1, 0.15) is 6.04 Å². The van der Waals surface area contributed by atoms with Crippen molar-refractivity contribution in [1.82, 2.24) is 5.32 Å². The van der Waals surface area contributed by atoms with Crippen LogP contribution in [-0.4, -0.2) is 29.6 Å². The predicted molar refractivity (Wildman–Crippen MR) is 77.0 cm³/mol. The van der Waals surface area contributed by atoms with Crippen molar-refractivity contribution in [3.63, 3.8) is 0 Å². The van der Waals surface area contributed by atoms with Crippen LogP contribution in [0.4, 0.5) is 5.69 Å². The molecule has 20 heavy (non-hydrogen) atoms. The van der Waals surface area contributed by atoms with E-state index in [1.165, 1.54) is 0 Å². The second kappa shape index (κ2) is 5.94. The van der Waals surface area contributed by atoms with Crippen molar-refractivity contribution < 1.29 is 14.7 Å². The fourth-order valence-electron chi connectivity index (χ4n) is 2.38. The summed E-state index contributed by atoms with van der Waals surface area (Å²) in [6.45, 7) is 4.75. The molecule has 1 aliphatic heterocycles. The minimum Gasteiger partial charge on any atom is -0.480 e. The van der Waals surface area contributed by atoms with Crippen LogP contribution in [-0.2, 0) is 11.2 Å². The molecule has 1 atom stereocenters. The molecule has 1 aromatic rings. The summed E-state index contributed by atoms with van der Waals surface area (Å²) >= 11 is 0. The number of carbonyl (C=O) groups is 2. The van der Waals surface area contributed by atoms with Crippen LogP contribution < -0.4 is 10.6 Å². The SMILES string of the molecule is CC(C)CC(NC(=O)c1ccc2c(c1)CCN2)C(=O)O. The molecule has 0 spiro atoms. The highest BCUT2D eigenvalue weighted by atomic mass is 16.4. The first kappa shape index (κ1) is 14.4. The second-order valence-corrected chi connectivity index (χ2v) is 5.54. The third-order valence-corrected chi connectivity index (χ3v) is 3.39. The van der Waals surface area contributed by atoms with E-state index in [9.17, 15) is 9.59 Å². The largest absolute Gasteiger partial charge is 0.480 e. The molecular formula is C15H20N2O3. The average molecular weight is 276 g/mol. The lowest BCUT2D eigenvalue weighted by Gasteiger charge is -2.16. The van der Waals surface area contributed by atoms with Crippen molar-refractivity contribution in [2.45, 2.75) is 32.7 Å². The molecule has 0 aromatic heterocycles. The zero-order chi connectivity index (χ0) is 14.7. The lowest BCUT2D eigenvalue weighted by molar-refractivity contribution is -0.139. The fraction of sp³-hybridized carbons (Fsp3) is 0.467. The standard InChI is InChI=1S/C15H20N2O3/c1-9(2)7-13(15(19)20)17-14(18)11-3-4-12-10(8-11)5-6-16-12/h3-4,8-9,13,16H,5-7H2,1-2H3,(H,17,18)(H,19,20). The molecule has 0 radical (unpaired) electrons. The number of rotatable bonds is 5. The van der Waals surface area contributed by atoms with Gasteiger partial charge in [0, 0.05) is 17.8 Å². The minimum absolute atomic E-state index is 0.209. The number of carbonyl (C=O) groups excluding carboxylic acids is 1. The summed E-state index contributed by atoms with van der Waals surface area (Å²) in [5.41, 5.74) is 2.68. The average Bonchev–Trinajstić information content (AvgIpc) is 2.84. The normalized spacial score (nSPS) is 14.6. The van der Waals surface area contributed by atoms with Gasteiger partial charge in [0.15, 0.2) is 0 Å². The Balaban J connectivity index is 2.08. The highest BCUT2D eigenvalue weighted by molar-refractivity contribution is 5.97. The molecule has 5 nitrogen and oxygen atoms in total. The van der Waals surface area contributed by atoms with E-state index in [0.717, 1.165) is 24.2 Å². The minimum atomic E-state index is -0.991. The predicted octanol–water partition coefficient (Wildman–Crippen LogP) is 1.88. The van der Waals surface area contributed by atoms with Gasteiger partial charge in [-0.1, -0.05) is 13.8 Å². The van der Waals surface area contributed by atoms with E-state index in [0.29, 0.717) is 12.0 Å². The number of amides is 1. The van der Waals surface area contributed by atoms with Gasteiger partial charge < -0.3 is 15.7 Å². The summed E-state index contributed by atoms with van der Waals surface area (Å²) in [5.74, 6) is -1.11. The molecule has 0 aliphatic carbocycles. The van der Waals surface area contributed by atoms with E-state index >= 15 is 0 Å². The maximum Gasteiger partial charge on any atom is 0.326 e. The first-order chi connectivity index (χ1) is 9.47. The summed E-state index contributed by atoms with van der Waals surface area (Å²) < 4.78 is 0.